The Hall–Kier alpha value is -11.4. The molecule has 0 saturated heterocycles. The molecule has 30 nitrogen and oxygen atoms in total. The number of benzene rings is 9. The molecule has 0 saturated carbocycles. The van der Waals surface area contributed by atoms with Gasteiger partial charge in [0.05, 0.1) is 18.4 Å². The molecule has 0 spiro atoms. The summed E-state index contributed by atoms with van der Waals surface area (Å²) in [4.78, 5) is 88.2. The van der Waals surface area contributed by atoms with Gasteiger partial charge in [0, 0.05) is 106 Å². The largest absolute Gasteiger partial charge is 0.477 e. The van der Waals surface area contributed by atoms with Crippen LogP contribution in [0.25, 0.3) is 45.8 Å². The molecule has 5 aromatic heterocycles. The van der Waals surface area contributed by atoms with Gasteiger partial charge in [0.25, 0.3) is 29.4 Å². The molecule has 0 atom stereocenters. The number of esters is 1. The molecular formula is C91H75Br5Cl3I3N15O15S-. The fourth-order valence-corrected chi connectivity index (χ4v) is 11.7. The third-order valence-corrected chi connectivity index (χ3v) is 19.4. The van der Waals surface area contributed by atoms with Gasteiger partial charge in [-0.3, -0.25) is 60.9 Å². The number of terminal acetylenes is 1. The van der Waals surface area contributed by atoms with Crippen LogP contribution in [-0.4, -0.2) is 106 Å². The number of ether oxygens (including phenoxy) is 4. The number of halogens is 11. The molecule has 133 heavy (non-hydrogen) atoms. The van der Waals surface area contributed by atoms with Crippen molar-refractivity contribution >= 4 is 216 Å². The van der Waals surface area contributed by atoms with E-state index in [1.165, 1.54) is 7.11 Å². The number of amides is 4. The number of carbonyl (C=O) groups is 7. The van der Waals surface area contributed by atoms with Crippen LogP contribution in [-0.2, 0) is 33.9 Å². The second-order valence-corrected chi connectivity index (χ2v) is 34.5. The fraction of sp³-hybridized carbons (Fsp3) is 0.0549. The molecule has 5 heterocycles. The van der Waals surface area contributed by atoms with E-state index in [0.29, 0.717) is 81.4 Å². The zero-order chi connectivity index (χ0) is 93.7. The number of pyridine rings is 3. The Balaban J connectivity index is 0.000000336. The predicted octanol–water partition coefficient (Wildman–Crippen LogP) is 16.3. The summed E-state index contributed by atoms with van der Waals surface area (Å²) in [6.45, 7) is 0.772. The van der Waals surface area contributed by atoms with Crippen LogP contribution >= 0.6 is 161 Å². The van der Waals surface area contributed by atoms with E-state index in [2.05, 4.69) is 204 Å². The molecule has 688 valence electrons. The van der Waals surface area contributed by atoms with Gasteiger partial charge in [-0.2, -0.15) is 19.3 Å². The molecule has 0 radical (unpaired) electrons. The maximum absolute atomic E-state index is 12.2. The van der Waals surface area contributed by atoms with Crippen LogP contribution in [0.5, 0.6) is 11.5 Å². The Morgan fingerprint density at radius 2 is 0.782 bits per heavy atom. The van der Waals surface area contributed by atoms with Gasteiger partial charge in [-0.1, -0.05) is 105 Å². The number of hydrazine groups is 4. The first-order valence-electron chi connectivity index (χ1n) is 36.7. The molecule has 0 aliphatic rings. The summed E-state index contributed by atoms with van der Waals surface area (Å²) >= 11 is 21.6. The summed E-state index contributed by atoms with van der Waals surface area (Å²) in [6, 6.07) is 75.0. The maximum atomic E-state index is 12.2. The average molecular weight is 2540 g/mol. The molecule has 9 aromatic carbocycles. The number of rotatable bonds is 23. The van der Waals surface area contributed by atoms with Gasteiger partial charge in [-0.25, -0.2) is 10.6 Å². The summed E-state index contributed by atoms with van der Waals surface area (Å²) in [5, 5.41) is 16.2. The van der Waals surface area contributed by atoms with Crippen molar-refractivity contribution in [2.24, 2.45) is 5.84 Å². The van der Waals surface area contributed by atoms with Crippen molar-refractivity contribution in [3.63, 3.8) is 0 Å². The predicted molar refractivity (Wildman–Crippen MR) is 543 cm³/mol. The number of nitrogen functional groups attached to an aromatic ring is 1. The number of nitrogens with two attached hydrogens (primary N) is 1. The van der Waals surface area contributed by atoms with E-state index in [1.807, 2.05) is 127 Å². The second kappa shape index (κ2) is 64.4. The van der Waals surface area contributed by atoms with Crippen molar-refractivity contribution < 1.29 is 91.0 Å². The van der Waals surface area contributed by atoms with Crippen LogP contribution < -0.4 is 74.5 Å². The first-order valence-corrected chi connectivity index (χ1v) is 46.4. The summed E-state index contributed by atoms with van der Waals surface area (Å²) in [5.41, 5.74) is 27.5. The number of hydrogen-bond acceptors (Lipinski definition) is 26. The van der Waals surface area contributed by atoms with E-state index >= 15 is 0 Å². The molecule has 0 aliphatic carbocycles. The van der Waals surface area contributed by atoms with Gasteiger partial charge in [0.15, 0.2) is 13.5 Å². The number of hydrogen-bond donors (Lipinski definition) is 8. The maximum Gasteiger partial charge on any atom is 0.337 e. The number of carbonyl (C=O) groups excluding carboxylic acids is 7. The van der Waals surface area contributed by atoms with Gasteiger partial charge in [0.1, 0.15) is 18.1 Å². The summed E-state index contributed by atoms with van der Waals surface area (Å²) in [7, 11) is 6.14. The van der Waals surface area contributed by atoms with Crippen LogP contribution in [0.15, 0.2) is 323 Å². The molecular weight excluding hydrogens is 2460 g/mol. The third kappa shape index (κ3) is 45.7. The number of aromatic nitrogens is 7. The first-order chi connectivity index (χ1) is 62.8. The van der Waals surface area contributed by atoms with Gasteiger partial charge < -0.3 is 27.8 Å². The van der Waals surface area contributed by atoms with Crippen molar-refractivity contribution in [1.82, 2.24) is 67.9 Å². The summed E-state index contributed by atoms with van der Waals surface area (Å²) in [5.74, 6) is 15.3. The molecule has 14 rings (SSSR count). The van der Waals surface area contributed by atoms with Gasteiger partial charge >= 0.3 is 125 Å². The average Bonchev–Trinajstić information content (AvgIpc) is 1.70. The van der Waals surface area contributed by atoms with E-state index in [4.69, 9.17) is 50.6 Å². The number of methoxy groups -OCH3 is 1. The number of nitrogens with one attached hydrogen (secondary N) is 7. The molecule has 0 bridgehead atoms. The Kier molecular flexibility index (Phi) is 55.2. The first kappa shape index (κ1) is 114. The standard InChI is InChI=1S/C22H20Br2N4O4.C22H12Br2N4O2.C14H8IN2.C10H10O4.C8H10N4O2.C7H4BrClO.C7H5N.CH4.Cl2O2S.2HI/c23-17-5-1-15(2-6-17)21(29)27-25-13-31-19-9-3-16(4-10-19)22(30)28-26-14-32-20-11-7-18(24)8-12-20;23-17-9-5-15(6-10-17)21-27-25-19(29-21)13-1-2-14(4-3-13)20-26-28-22(30-20)16-7-11-18(24)12-8-16;1(13-3-9-16-10-4-13)7-15-8-2-14-5-11-17-12-6-14;1-13-10(12)9-4-2-8(3-5-9)6-14-7-11;9-11-8(14)6-1-3-7(4-2-6)12-10-5-13;8-6-3-1-5(2-4-6)7(9)10;1-2-7-3-5-8-6-4-7;;1-5(2,3)4;;/h1-12,25-26H,13-14H2,(H,27,29)(H,28,30);1-12H;3-6,9-12H;2-5,7H,6H2,1H3;1-5,12H,9H2,(H,10,13)(H,11,14);1-4H;1,3-6H;1H4;;2*1H/q;;-1;;;;;;;;. The molecule has 0 unspecified atom stereocenters. The van der Waals surface area contributed by atoms with Crippen LogP contribution in [0.2, 0.25) is 0 Å². The SMILES string of the molecule is Brc1ccc(-c2nnc(-c3ccc(-c4nnc(-c5ccc(Br)cc5)o4)cc3)o2)cc1.C.C#Cc1ccncc1.C(#Cc1ccncc1)[I-]C#Cc1ccncc1.COC(=O)c1ccc(COC=O)cc1.I.I.NNC(=O)c1ccc(NNC=O)cc1.O=C(Cl)c1ccc(Br)cc1.O=C(NNCOc1ccc(C(=O)NNCOc2ccc(Br)cc2)cc1)c1ccc(Br)cc1.O=S(=O)(Cl)Cl. The van der Waals surface area contributed by atoms with E-state index in [9.17, 15) is 33.6 Å². The van der Waals surface area contributed by atoms with Crippen LogP contribution in [0.1, 0.15) is 81.5 Å². The number of nitrogens with zero attached hydrogens (tertiary/aromatic N) is 7. The minimum Gasteiger partial charge on any atom is -0.477 e. The second-order valence-electron chi connectivity index (χ2n) is 24.3. The minimum absolute atomic E-state index is 0. The third-order valence-electron chi connectivity index (χ3n) is 15.5. The van der Waals surface area contributed by atoms with Crippen LogP contribution in [0.3, 0.4) is 0 Å². The Morgan fingerprint density at radius 1 is 0.466 bits per heavy atom. The molecule has 0 fully saturated rings. The quantitative estimate of drug-likeness (QED) is 0.00282. The molecule has 14 aromatic rings. The van der Waals surface area contributed by atoms with E-state index in [1.54, 1.807) is 171 Å². The molecule has 9 N–H and O–H groups in total. The van der Waals surface area contributed by atoms with Crippen molar-refractivity contribution in [3.05, 3.63) is 364 Å². The normalized spacial score (nSPS) is 9.60. The minimum atomic E-state index is -3.72. The van der Waals surface area contributed by atoms with E-state index in [-0.39, 0.29) is 120 Å². The zero-order valence-electron chi connectivity index (χ0n) is 68.0. The van der Waals surface area contributed by atoms with E-state index < -0.39 is 13.5 Å². The van der Waals surface area contributed by atoms with Crippen molar-refractivity contribution in [3.8, 4) is 89.4 Å². The monoisotopic (exact) mass is 2530 g/mol. The van der Waals surface area contributed by atoms with Crippen LogP contribution in [0, 0.1) is 32.0 Å². The summed E-state index contributed by atoms with van der Waals surface area (Å²) < 4.78 is 61.0. The molecule has 4 amide bonds. The van der Waals surface area contributed by atoms with Crippen molar-refractivity contribution in [2.45, 2.75) is 14.0 Å². The molecule has 0 aliphatic heterocycles. The van der Waals surface area contributed by atoms with Gasteiger partial charge in [-0.15, -0.1) is 74.8 Å². The number of anilines is 1. The topological polar surface area (TPSA) is 417 Å². The molecule has 42 heteroatoms. The van der Waals surface area contributed by atoms with Gasteiger partial charge in [0.2, 0.25) is 30.0 Å². The van der Waals surface area contributed by atoms with Crippen molar-refractivity contribution in [1.29, 1.82) is 0 Å². The summed E-state index contributed by atoms with van der Waals surface area (Å²) in [6.07, 6.45) is 15.9. The van der Waals surface area contributed by atoms with Crippen molar-refractivity contribution in [2.75, 3.05) is 26.0 Å². The Morgan fingerprint density at radius 3 is 1.12 bits per heavy atom. The fourth-order valence-electron chi connectivity index (χ4n) is 9.27. The zero-order valence-corrected chi connectivity index (χ0v) is 85.9. The smallest absolute Gasteiger partial charge is 0.337 e. The van der Waals surface area contributed by atoms with E-state index in [0.717, 1.165) is 66.9 Å². The Labute approximate surface area is 865 Å². The Bertz CT molecular complexity index is 5990. The van der Waals surface area contributed by atoms with Crippen LogP contribution in [0.4, 0.5) is 5.69 Å². The van der Waals surface area contributed by atoms with Gasteiger partial charge in [-0.05, 0) is 236 Å².